The van der Waals surface area contributed by atoms with E-state index in [2.05, 4.69) is 24.5 Å². The first-order valence-electron chi connectivity index (χ1n) is 11.1. The molecule has 3 unspecified atom stereocenters. The lowest BCUT2D eigenvalue weighted by Crippen LogP contribution is -2.47. The molecule has 4 rings (SSSR count). The Hall–Kier alpha value is -2.64. The molecular formula is C18H28N7O11PS. The first kappa shape index (κ1) is 28.4. The lowest BCUT2D eigenvalue weighted by molar-refractivity contribution is -0.0957. The maximum atomic E-state index is 13.0. The zero-order chi connectivity index (χ0) is 28.0. The molecule has 2 aromatic rings. The number of ether oxygens (including phenoxy) is 3. The quantitative estimate of drug-likeness (QED) is 0.161. The number of nitrogens with two attached hydrogens (primary N) is 1. The zero-order valence-electron chi connectivity index (χ0n) is 21.0. The average Bonchev–Trinajstić information content (AvgIpc) is 3.29. The van der Waals surface area contributed by atoms with E-state index in [1.165, 1.54) is 24.9 Å². The SMILES string of the molecule is CC(C)OC(=O)OCOP1(=O)OCC2OC(n3cnc4c(N(C)NS(C)(=O)=O)nc(N)nc43)[C@](C)(O)[C@@H]2O1. The van der Waals surface area contributed by atoms with Crippen molar-refractivity contribution in [2.24, 2.45) is 0 Å². The fraction of sp³-hybridized carbons (Fsp3) is 0.667. The molecule has 4 heterocycles. The van der Waals surface area contributed by atoms with Crippen molar-refractivity contribution in [1.29, 1.82) is 0 Å². The first-order chi connectivity index (χ1) is 17.6. The summed E-state index contributed by atoms with van der Waals surface area (Å²) in [5.41, 5.74) is 4.27. The number of aliphatic hydroxyl groups is 1. The lowest BCUT2D eigenvalue weighted by Gasteiger charge is -2.34. The summed E-state index contributed by atoms with van der Waals surface area (Å²) in [6.07, 6.45) is -2.51. The maximum absolute atomic E-state index is 13.0. The largest absolute Gasteiger partial charge is 0.510 e. The molecule has 18 nitrogen and oxygen atoms in total. The van der Waals surface area contributed by atoms with Gasteiger partial charge in [-0.2, -0.15) is 9.97 Å². The summed E-state index contributed by atoms with van der Waals surface area (Å²) in [5.74, 6) is -0.167. The summed E-state index contributed by atoms with van der Waals surface area (Å²) in [6, 6.07) is 0. The van der Waals surface area contributed by atoms with Crippen LogP contribution in [0, 0.1) is 0 Å². The molecule has 0 aliphatic carbocycles. The minimum Gasteiger partial charge on any atom is -0.432 e. The van der Waals surface area contributed by atoms with Gasteiger partial charge in [0.2, 0.25) is 22.8 Å². The molecule has 0 amide bonds. The van der Waals surface area contributed by atoms with Crippen LogP contribution in [0.3, 0.4) is 0 Å². The Morgan fingerprint density at radius 1 is 1.45 bits per heavy atom. The number of imidazole rings is 1. The Kier molecular flexibility index (Phi) is 7.58. The number of fused-ring (bicyclic) bond motifs is 2. The molecule has 2 aliphatic heterocycles. The molecule has 20 heteroatoms. The molecule has 0 radical (unpaired) electrons. The van der Waals surface area contributed by atoms with Gasteiger partial charge in [-0.15, -0.1) is 4.83 Å². The van der Waals surface area contributed by atoms with Crippen molar-refractivity contribution in [3.63, 3.8) is 0 Å². The molecule has 0 bridgehead atoms. The molecule has 0 saturated carbocycles. The van der Waals surface area contributed by atoms with Gasteiger partial charge in [-0.3, -0.25) is 18.6 Å². The van der Waals surface area contributed by atoms with Gasteiger partial charge >= 0.3 is 14.0 Å². The van der Waals surface area contributed by atoms with Crippen LogP contribution in [0.4, 0.5) is 16.6 Å². The molecule has 5 atom stereocenters. The number of nitrogen functional groups attached to an aromatic ring is 1. The number of nitrogens with zero attached hydrogens (tertiary/aromatic N) is 5. The van der Waals surface area contributed by atoms with Crippen molar-refractivity contribution in [3.05, 3.63) is 6.33 Å². The number of sulfonamides is 1. The van der Waals surface area contributed by atoms with Crippen molar-refractivity contribution in [3.8, 4) is 0 Å². The van der Waals surface area contributed by atoms with Gasteiger partial charge in [-0.25, -0.2) is 27.3 Å². The average molecular weight is 582 g/mol. The Bertz CT molecular complexity index is 1370. The van der Waals surface area contributed by atoms with Crippen LogP contribution in [-0.2, 0) is 42.4 Å². The summed E-state index contributed by atoms with van der Waals surface area (Å²) >= 11 is 0. The van der Waals surface area contributed by atoms with Crippen LogP contribution in [0.1, 0.15) is 27.0 Å². The summed E-state index contributed by atoms with van der Waals surface area (Å²) in [4.78, 5) is 26.2. The molecule has 38 heavy (non-hydrogen) atoms. The van der Waals surface area contributed by atoms with E-state index in [1.54, 1.807) is 13.8 Å². The van der Waals surface area contributed by atoms with Crippen LogP contribution >= 0.6 is 7.82 Å². The monoisotopic (exact) mass is 581 g/mol. The van der Waals surface area contributed by atoms with Gasteiger partial charge in [-0.1, -0.05) is 0 Å². The zero-order valence-corrected chi connectivity index (χ0v) is 22.7. The van der Waals surface area contributed by atoms with E-state index in [1.807, 2.05) is 0 Å². The third-order valence-electron chi connectivity index (χ3n) is 5.37. The Morgan fingerprint density at radius 2 is 2.16 bits per heavy atom. The molecule has 2 aromatic heterocycles. The summed E-state index contributed by atoms with van der Waals surface area (Å²) < 4.78 is 68.8. The van der Waals surface area contributed by atoms with E-state index >= 15 is 0 Å². The normalized spacial score (nSPS) is 29.4. The molecular weight excluding hydrogens is 553 g/mol. The minimum atomic E-state index is -4.27. The molecule has 2 fully saturated rings. The molecule has 0 aromatic carbocycles. The van der Waals surface area contributed by atoms with E-state index in [9.17, 15) is 22.9 Å². The molecule has 2 aliphatic rings. The van der Waals surface area contributed by atoms with Crippen molar-refractivity contribution in [1.82, 2.24) is 24.4 Å². The highest BCUT2D eigenvalue weighted by Crippen LogP contribution is 2.58. The van der Waals surface area contributed by atoms with Gasteiger partial charge in [0.15, 0.2) is 23.2 Å². The Morgan fingerprint density at radius 3 is 2.82 bits per heavy atom. The number of hydrazine groups is 1. The van der Waals surface area contributed by atoms with Crippen LogP contribution < -0.4 is 15.6 Å². The third kappa shape index (κ3) is 5.84. The highest BCUT2D eigenvalue weighted by molar-refractivity contribution is 7.88. The van der Waals surface area contributed by atoms with Crippen LogP contribution in [0.15, 0.2) is 6.33 Å². The number of hydrogen-bond donors (Lipinski definition) is 3. The fourth-order valence-electron chi connectivity index (χ4n) is 3.92. The molecule has 4 N–H and O–H groups in total. The van der Waals surface area contributed by atoms with E-state index in [-0.39, 0.29) is 29.5 Å². The number of anilines is 2. The van der Waals surface area contributed by atoms with Crippen LogP contribution in [0.5, 0.6) is 0 Å². The first-order valence-corrected chi connectivity index (χ1v) is 14.4. The smallest absolute Gasteiger partial charge is 0.432 e. The standard InChI is InChI=1S/C18H28N7O11PS/c1-9(2)34-17(26)31-8-33-37(28)32-6-10-12(36-37)18(3,27)15(35-10)25-7-20-11-13(21-16(19)22-14(11)25)24(4)23-38(5,29)30/h7,9-10,12,15,23,27H,6,8H2,1-5H3,(H2,19,21,22)/t10?,12-,15?,18-,37?/m1/s1. The van der Waals surface area contributed by atoms with E-state index in [4.69, 9.17) is 28.8 Å². The van der Waals surface area contributed by atoms with Gasteiger partial charge in [-0.05, 0) is 20.8 Å². The second-order valence-corrected chi connectivity index (χ2v) is 12.3. The highest BCUT2D eigenvalue weighted by atomic mass is 32.2. The second-order valence-electron chi connectivity index (χ2n) is 8.98. The second kappa shape index (κ2) is 10.2. The predicted octanol–water partition coefficient (Wildman–Crippen LogP) is 0.0165. The number of hydrogen-bond acceptors (Lipinski definition) is 16. The highest BCUT2D eigenvalue weighted by Gasteiger charge is 2.60. The van der Waals surface area contributed by atoms with Gasteiger partial charge in [0.1, 0.15) is 17.8 Å². The number of phosphoric ester groups is 1. The number of aromatic nitrogens is 4. The number of carbonyl (C=O) groups is 1. The number of carbonyl (C=O) groups excluding carboxylic acids is 1. The lowest BCUT2D eigenvalue weighted by atomic mass is 9.96. The molecule has 2 saturated heterocycles. The van der Waals surface area contributed by atoms with E-state index in [0.717, 1.165) is 11.3 Å². The van der Waals surface area contributed by atoms with Gasteiger partial charge in [0.05, 0.1) is 25.3 Å². The number of nitrogens with one attached hydrogen (secondary N) is 1. The van der Waals surface area contributed by atoms with Crippen LogP contribution in [-0.4, -0.2) is 89.8 Å². The maximum Gasteiger partial charge on any atom is 0.510 e. The van der Waals surface area contributed by atoms with Crippen molar-refractivity contribution in [2.45, 2.75) is 50.9 Å². The number of phosphoric acid groups is 1. The summed E-state index contributed by atoms with van der Waals surface area (Å²) in [5, 5.41) is 12.5. The summed E-state index contributed by atoms with van der Waals surface area (Å²) in [7, 11) is -6.52. The van der Waals surface area contributed by atoms with Crippen molar-refractivity contribution < 1.29 is 50.7 Å². The minimum absolute atomic E-state index is 0.0419. The van der Waals surface area contributed by atoms with Gasteiger partial charge < -0.3 is 25.1 Å². The van der Waals surface area contributed by atoms with Gasteiger partial charge in [0.25, 0.3) is 0 Å². The van der Waals surface area contributed by atoms with Crippen molar-refractivity contribution >= 4 is 46.9 Å². The number of rotatable bonds is 8. The van der Waals surface area contributed by atoms with E-state index < -0.39 is 60.9 Å². The summed E-state index contributed by atoms with van der Waals surface area (Å²) in [6.45, 7) is 3.54. The Balaban J connectivity index is 1.55. The topological polar surface area (TPSA) is 229 Å². The van der Waals surface area contributed by atoms with Crippen LogP contribution in [0.25, 0.3) is 11.2 Å². The van der Waals surface area contributed by atoms with Crippen molar-refractivity contribution in [2.75, 3.05) is 37.4 Å². The molecule has 0 spiro atoms. The predicted molar refractivity (Wildman–Crippen MR) is 128 cm³/mol. The Labute approximate surface area is 216 Å². The van der Waals surface area contributed by atoms with Crippen LogP contribution in [0.2, 0.25) is 0 Å². The van der Waals surface area contributed by atoms with E-state index in [0.29, 0.717) is 0 Å². The third-order valence-corrected chi connectivity index (χ3v) is 7.35. The molecule has 212 valence electrons. The van der Waals surface area contributed by atoms with Gasteiger partial charge in [0, 0.05) is 7.05 Å². The fourth-order valence-corrected chi connectivity index (χ4v) is 5.84.